The molecule has 1 N–H and O–H groups in total. The van der Waals surface area contributed by atoms with Crippen molar-refractivity contribution in [3.8, 4) is 22.9 Å². The summed E-state index contributed by atoms with van der Waals surface area (Å²) in [5, 5.41) is 6.89. The Balaban J connectivity index is 1.63. The molecule has 3 aromatic rings. The van der Waals surface area contributed by atoms with Crippen LogP contribution >= 0.6 is 0 Å². The van der Waals surface area contributed by atoms with Crippen molar-refractivity contribution in [2.24, 2.45) is 0 Å². The van der Waals surface area contributed by atoms with Gasteiger partial charge in [0.25, 0.3) is 0 Å². The number of nitrogens with zero attached hydrogens (tertiary/aromatic N) is 2. The minimum Gasteiger partial charge on any atom is -0.493 e. The van der Waals surface area contributed by atoms with E-state index in [0.717, 1.165) is 16.8 Å². The second-order valence-corrected chi connectivity index (χ2v) is 6.17. The quantitative estimate of drug-likeness (QED) is 0.634. The summed E-state index contributed by atoms with van der Waals surface area (Å²) < 4.78 is 16.1. The van der Waals surface area contributed by atoms with Crippen LogP contribution in [0.2, 0.25) is 0 Å². The van der Waals surface area contributed by atoms with Crippen LogP contribution in [0.3, 0.4) is 0 Å². The SMILES string of the molecule is CCOc1ccc(-c2noc(CCC(=O)Nc3ccccc3C)n2)cc1OC. The van der Waals surface area contributed by atoms with E-state index in [2.05, 4.69) is 15.5 Å². The predicted molar refractivity (Wildman–Crippen MR) is 106 cm³/mol. The number of aryl methyl sites for hydroxylation is 2. The molecule has 0 aliphatic carbocycles. The van der Waals surface area contributed by atoms with E-state index < -0.39 is 0 Å². The highest BCUT2D eigenvalue weighted by molar-refractivity contribution is 5.91. The molecule has 28 heavy (non-hydrogen) atoms. The molecule has 3 rings (SSSR count). The van der Waals surface area contributed by atoms with Crippen molar-refractivity contribution in [2.45, 2.75) is 26.7 Å². The predicted octanol–water partition coefficient (Wildman–Crippen LogP) is 4.02. The molecule has 7 heteroatoms. The topological polar surface area (TPSA) is 86.5 Å². The number of anilines is 1. The number of ether oxygens (including phenoxy) is 2. The number of nitrogens with one attached hydrogen (secondary N) is 1. The van der Waals surface area contributed by atoms with Crippen LogP contribution in [0.1, 0.15) is 24.8 Å². The van der Waals surface area contributed by atoms with Crippen molar-refractivity contribution in [1.82, 2.24) is 10.1 Å². The summed E-state index contributed by atoms with van der Waals surface area (Å²) in [6.07, 6.45) is 0.613. The molecule has 0 radical (unpaired) electrons. The van der Waals surface area contributed by atoms with Crippen LogP contribution in [-0.2, 0) is 11.2 Å². The number of methoxy groups -OCH3 is 1. The number of rotatable bonds is 8. The third-order valence-electron chi connectivity index (χ3n) is 4.17. The van der Waals surface area contributed by atoms with Gasteiger partial charge in [-0.25, -0.2) is 0 Å². The Hall–Kier alpha value is -3.35. The molecular weight excluding hydrogens is 358 g/mol. The molecule has 1 heterocycles. The maximum atomic E-state index is 12.2. The maximum absolute atomic E-state index is 12.2. The Morgan fingerprint density at radius 1 is 1.18 bits per heavy atom. The number of carbonyl (C=O) groups is 1. The van der Waals surface area contributed by atoms with Crippen molar-refractivity contribution in [3.63, 3.8) is 0 Å². The Bertz CT molecular complexity index is 952. The molecule has 2 aromatic carbocycles. The summed E-state index contributed by atoms with van der Waals surface area (Å²) in [6.45, 7) is 4.41. The smallest absolute Gasteiger partial charge is 0.227 e. The number of para-hydroxylation sites is 1. The first kappa shape index (κ1) is 19.4. The van der Waals surface area contributed by atoms with Gasteiger partial charge in [-0.3, -0.25) is 4.79 Å². The summed E-state index contributed by atoms with van der Waals surface area (Å²) in [7, 11) is 1.58. The van der Waals surface area contributed by atoms with E-state index in [0.29, 0.717) is 36.2 Å². The molecule has 0 saturated carbocycles. The molecule has 0 aliphatic rings. The molecule has 0 fully saturated rings. The molecule has 0 bridgehead atoms. The average molecular weight is 381 g/mol. The minimum absolute atomic E-state index is 0.100. The fourth-order valence-corrected chi connectivity index (χ4v) is 2.70. The Morgan fingerprint density at radius 2 is 2.00 bits per heavy atom. The van der Waals surface area contributed by atoms with Gasteiger partial charge in [0.1, 0.15) is 0 Å². The molecule has 7 nitrogen and oxygen atoms in total. The Morgan fingerprint density at radius 3 is 2.75 bits per heavy atom. The first-order valence-corrected chi connectivity index (χ1v) is 9.10. The lowest BCUT2D eigenvalue weighted by Gasteiger charge is -2.09. The van der Waals surface area contributed by atoms with Gasteiger partial charge in [-0.05, 0) is 43.7 Å². The number of hydrogen-bond donors (Lipinski definition) is 1. The van der Waals surface area contributed by atoms with Gasteiger partial charge in [-0.15, -0.1) is 0 Å². The van der Waals surface area contributed by atoms with Crippen LogP contribution in [0.4, 0.5) is 5.69 Å². The summed E-state index contributed by atoms with van der Waals surface area (Å²) in [4.78, 5) is 16.5. The van der Waals surface area contributed by atoms with Crippen LogP contribution in [-0.4, -0.2) is 29.8 Å². The van der Waals surface area contributed by atoms with Gasteiger partial charge in [0.05, 0.1) is 13.7 Å². The van der Waals surface area contributed by atoms with Crippen LogP contribution in [0.25, 0.3) is 11.4 Å². The van der Waals surface area contributed by atoms with Gasteiger partial charge in [0.2, 0.25) is 17.6 Å². The van der Waals surface area contributed by atoms with Crippen LogP contribution in [0.15, 0.2) is 47.0 Å². The second kappa shape index (κ2) is 9.03. The number of aromatic nitrogens is 2. The molecule has 1 aromatic heterocycles. The van der Waals surface area contributed by atoms with Crippen molar-refractivity contribution < 1.29 is 18.8 Å². The zero-order chi connectivity index (χ0) is 19.9. The Labute approximate surface area is 163 Å². The molecule has 0 unspecified atom stereocenters. The van der Waals surface area contributed by atoms with Gasteiger partial charge >= 0.3 is 0 Å². The minimum atomic E-state index is -0.100. The molecule has 1 amide bonds. The monoisotopic (exact) mass is 381 g/mol. The maximum Gasteiger partial charge on any atom is 0.227 e. The second-order valence-electron chi connectivity index (χ2n) is 6.17. The highest BCUT2D eigenvalue weighted by Gasteiger charge is 2.14. The number of benzene rings is 2. The van der Waals surface area contributed by atoms with E-state index in [-0.39, 0.29) is 12.3 Å². The normalized spacial score (nSPS) is 10.5. The van der Waals surface area contributed by atoms with Crippen molar-refractivity contribution in [1.29, 1.82) is 0 Å². The first-order chi connectivity index (χ1) is 13.6. The molecular formula is C21H23N3O4. The zero-order valence-electron chi connectivity index (χ0n) is 16.2. The standard InChI is InChI=1S/C21H23N3O4/c1-4-27-17-10-9-15(13-18(17)26-3)21-23-20(28-24-21)12-11-19(25)22-16-8-6-5-7-14(16)2/h5-10,13H,4,11-12H2,1-3H3,(H,22,25). The summed E-state index contributed by atoms with van der Waals surface area (Å²) in [6, 6.07) is 13.1. The largest absolute Gasteiger partial charge is 0.493 e. The summed E-state index contributed by atoms with van der Waals surface area (Å²) >= 11 is 0. The van der Waals surface area contributed by atoms with Gasteiger partial charge in [-0.2, -0.15) is 4.98 Å². The van der Waals surface area contributed by atoms with Gasteiger partial charge in [-0.1, -0.05) is 23.4 Å². The first-order valence-electron chi connectivity index (χ1n) is 9.10. The fraction of sp³-hybridized carbons (Fsp3) is 0.286. The molecule has 0 spiro atoms. The van der Waals surface area contributed by atoms with E-state index in [1.54, 1.807) is 13.2 Å². The molecule has 146 valence electrons. The highest BCUT2D eigenvalue weighted by Crippen LogP contribution is 2.31. The number of hydrogen-bond acceptors (Lipinski definition) is 6. The molecule has 0 aliphatic heterocycles. The average Bonchev–Trinajstić information content (AvgIpc) is 3.18. The lowest BCUT2D eigenvalue weighted by atomic mass is 10.2. The molecule has 0 saturated heterocycles. The van der Waals surface area contributed by atoms with E-state index >= 15 is 0 Å². The zero-order valence-corrected chi connectivity index (χ0v) is 16.2. The van der Waals surface area contributed by atoms with Crippen molar-refractivity contribution in [2.75, 3.05) is 19.0 Å². The van der Waals surface area contributed by atoms with Crippen LogP contribution in [0.5, 0.6) is 11.5 Å². The number of amides is 1. The summed E-state index contributed by atoms with van der Waals surface area (Å²) in [5.41, 5.74) is 2.57. The van der Waals surface area contributed by atoms with Gasteiger partial charge in [0.15, 0.2) is 11.5 Å². The van der Waals surface area contributed by atoms with E-state index in [4.69, 9.17) is 14.0 Å². The Kier molecular flexibility index (Phi) is 6.26. The number of carbonyl (C=O) groups excluding carboxylic acids is 1. The highest BCUT2D eigenvalue weighted by atomic mass is 16.5. The molecule has 0 atom stereocenters. The van der Waals surface area contributed by atoms with E-state index in [1.165, 1.54) is 0 Å². The summed E-state index contributed by atoms with van der Waals surface area (Å²) in [5.74, 6) is 2.00. The van der Waals surface area contributed by atoms with Crippen molar-refractivity contribution >= 4 is 11.6 Å². The lowest BCUT2D eigenvalue weighted by molar-refractivity contribution is -0.116. The van der Waals surface area contributed by atoms with Gasteiger partial charge < -0.3 is 19.3 Å². The lowest BCUT2D eigenvalue weighted by Crippen LogP contribution is -2.13. The third-order valence-corrected chi connectivity index (χ3v) is 4.17. The fourth-order valence-electron chi connectivity index (χ4n) is 2.70. The van der Waals surface area contributed by atoms with Crippen LogP contribution in [0, 0.1) is 6.92 Å². The van der Waals surface area contributed by atoms with Crippen molar-refractivity contribution in [3.05, 3.63) is 53.9 Å². The van der Waals surface area contributed by atoms with Gasteiger partial charge in [0, 0.05) is 24.1 Å². The van der Waals surface area contributed by atoms with E-state index in [9.17, 15) is 4.79 Å². The van der Waals surface area contributed by atoms with E-state index in [1.807, 2.05) is 50.2 Å². The third kappa shape index (κ3) is 4.68. The van der Waals surface area contributed by atoms with Crippen LogP contribution < -0.4 is 14.8 Å².